The molecular formula is C46H62IrNO3Si2-. The number of aliphatic hydroxyl groups is 1. The zero-order valence-corrected chi connectivity index (χ0v) is 38.5. The van der Waals surface area contributed by atoms with Gasteiger partial charge >= 0.3 is 0 Å². The molecule has 287 valence electrons. The van der Waals surface area contributed by atoms with E-state index in [-0.39, 0.29) is 48.9 Å². The van der Waals surface area contributed by atoms with Crippen molar-refractivity contribution in [1.82, 2.24) is 4.98 Å². The van der Waals surface area contributed by atoms with Crippen molar-refractivity contribution < 1.29 is 34.1 Å². The van der Waals surface area contributed by atoms with E-state index in [2.05, 4.69) is 102 Å². The first-order valence-corrected chi connectivity index (χ1v) is 25.6. The van der Waals surface area contributed by atoms with Gasteiger partial charge in [0, 0.05) is 44.2 Å². The molecule has 0 amide bonds. The van der Waals surface area contributed by atoms with E-state index in [1.807, 2.05) is 33.9 Å². The van der Waals surface area contributed by atoms with Crippen molar-refractivity contribution in [1.29, 1.82) is 0 Å². The van der Waals surface area contributed by atoms with E-state index in [4.69, 9.17) is 9.10 Å². The van der Waals surface area contributed by atoms with Gasteiger partial charge in [0.15, 0.2) is 5.78 Å². The van der Waals surface area contributed by atoms with Crippen LogP contribution in [0.25, 0.3) is 33.2 Å². The molecule has 0 saturated heterocycles. The molecule has 0 saturated carbocycles. The third-order valence-electron chi connectivity index (χ3n) is 11.4. The minimum Gasteiger partial charge on any atom is -0.512 e. The number of pyridine rings is 1. The van der Waals surface area contributed by atoms with Crippen LogP contribution in [-0.4, -0.2) is 32.5 Å². The minimum atomic E-state index is -1.85. The molecule has 1 aromatic heterocycles. The third-order valence-corrected chi connectivity index (χ3v) is 19.2. The van der Waals surface area contributed by atoms with Crippen molar-refractivity contribution >= 4 is 43.6 Å². The predicted molar refractivity (Wildman–Crippen MR) is 226 cm³/mol. The van der Waals surface area contributed by atoms with E-state index in [9.17, 15) is 9.90 Å². The number of nitrogens with zero attached hydrogens (tertiary/aromatic N) is 1. The van der Waals surface area contributed by atoms with Gasteiger partial charge in [0.25, 0.3) is 0 Å². The van der Waals surface area contributed by atoms with Crippen molar-refractivity contribution in [2.75, 3.05) is 0 Å². The number of allylic oxidation sites excluding steroid dienone is 2. The number of hydrogen-bond donors (Lipinski definition) is 1. The minimum absolute atomic E-state index is 0. The van der Waals surface area contributed by atoms with Gasteiger partial charge in [-0.05, 0) is 114 Å². The largest absolute Gasteiger partial charge is 0.512 e. The molecule has 0 unspecified atom stereocenters. The molecule has 7 heteroatoms. The normalized spacial score (nSPS) is 16.1. The van der Waals surface area contributed by atoms with Gasteiger partial charge in [-0.15, -0.1) is 34.4 Å². The second-order valence-corrected chi connectivity index (χ2v) is 24.9. The number of benzene rings is 3. The fraction of sp³-hybridized carbons (Fsp3) is 0.478. The summed E-state index contributed by atoms with van der Waals surface area (Å²) in [4.78, 5) is 16.6. The van der Waals surface area contributed by atoms with Crippen LogP contribution in [0.15, 0.2) is 66.6 Å². The Morgan fingerprint density at radius 1 is 0.849 bits per heavy atom. The molecule has 0 bridgehead atoms. The molecule has 1 radical (unpaired) electrons. The van der Waals surface area contributed by atoms with Crippen molar-refractivity contribution in [3.05, 3.63) is 89.3 Å². The zero-order valence-electron chi connectivity index (χ0n) is 34.1. The molecule has 0 spiro atoms. The average molecular weight is 925 g/mol. The molecule has 1 N–H and O–H groups in total. The first-order chi connectivity index (χ1) is 24.5. The van der Waals surface area contributed by atoms with E-state index in [1.54, 1.807) is 0 Å². The molecule has 3 aromatic carbocycles. The molecule has 4 aromatic rings. The Hall–Kier alpha value is -2.68. The number of aromatic nitrogens is 1. The van der Waals surface area contributed by atoms with Crippen molar-refractivity contribution in [2.45, 2.75) is 131 Å². The van der Waals surface area contributed by atoms with Crippen molar-refractivity contribution in [3.8, 4) is 22.4 Å². The maximum atomic E-state index is 11.7. The maximum absolute atomic E-state index is 11.7. The number of fused-ring (bicyclic) bond motifs is 3. The average Bonchev–Trinajstić information content (AvgIpc) is 3.30. The van der Waals surface area contributed by atoms with Gasteiger partial charge in [-0.25, -0.2) is 0 Å². The quantitative estimate of drug-likeness (QED) is 0.0786. The molecular weight excluding hydrogens is 863 g/mol. The third kappa shape index (κ3) is 9.41. The summed E-state index contributed by atoms with van der Waals surface area (Å²) in [5, 5.41) is 15.2. The molecule has 6 rings (SSSR count). The number of rotatable bonds is 9. The van der Waals surface area contributed by atoms with Crippen LogP contribution in [0.5, 0.6) is 0 Å². The first-order valence-electron chi connectivity index (χ1n) is 19.8. The molecule has 0 atom stereocenters. The summed E-state index contributed by atoms with van der Waals surface area (Å²) in [5.74, 6) is 0.547. The van der Waals surface area contributed by atoms with Crippen molar-refractivity contribution in [3.63, 3.8) is 0 Å². The number of ketones is 1. The Bertz CT molecular complexity index is 1950. The summed E-state index contributed by atoms with van der Waals surface area (Å²) in [5.41, 5.74) is 9.23. The second kappa shape index (κ2) is 17.4. The van der Waals surface area contributed by atoms with Crippen LogP contribution in [0.2, 0.25) is 26.2 Å². The summed E-state index contributed by atoms with van der Waals surface area (Å²) in [7, 11) is -3.64. The van der Waals surface area contributed by atoms with Gasteiger partial charge in [-0.1, -0.05) is 98.1 Å². The van der Waals surface area contributed by atoms with Crippen LogP contribution in [0, 0.1) is 17.9 Å². The number of hydrogen-bond acceptors (Lipinski definition) is 4. The number of aliphatic hydroxyl groups excluding tert-OH is 1. The van der Waals surface area contributed by atoms with E-state index in [0.29, 0.717) is 0 Å². The Labute approximate surface area is 335 Å². The van der Waals surface area contributed by atoms with E-state index in [1.165, 1.54) is 74.3 Å². The Kier molecular flexibility index (Phi) is 14.1. The smallest absolute Gasteiger partial charge is 0.206 e. The van der Waals surface area contributed by atoms with Gasteiger partial charge in [0.05, 0.1) is 5.76 Å². The molecule has 53 heavy (non-hydrogen) atoms. The molecule has 1 aliphatic heterocycles. The topological polar surface area (TPSA) is 59.4 Å². The molecule has 1 aliphatic carbocycles. The van der Waals surface area contributed by atoms with Gasteiger partial charge in [-0.3, -0.25) is 4.79 Å². The van der Waals surface area contributed by atoms with Gasteiger partial charge in [0.1, 0.15) is 0 Å². The van der Waals surface area contributed by atoms with Crippen LogP contribution in [0.3, 0.4) is 0 Å². The van der Waals surface area contributed by atoms with Crippen LogP contribution in [-0.2, 0) is 47.3 Å². The summed E-state index contributed by atoms with van der Waals surface area (Å²) in [6.45, 7) is 24.4. The fourth-order valence-corrected chi connectivity index (χ4v) is 18.6. The first kappa shape index (κ1) is 43.1. The van der Waals surface area contributed by atoms with Gasteiger partial charge < -0.3 is 14.2 Å². The summed E-state index contributed by atoms with van der Waals surface area (Å²) in [6, 6.07) is 22.3. The molecule has 4 nitrogen and oxygen atoms in total. The maximum Gasteiger partial charge on any atom is 0.206 e. The van der Waals surface area contributed by atoms with Crippen molar-refractivity contribution in [2.24, 2.45) is 11.8 Å². The van der Waals surface area contributed by atoms with Gasteiger partial charge in [-0.2, -0.15) is 0 Å². The summed E-state index contributed by atoms with van der Waals surface area (Å²) in [6.07, 6.45) is 11.7. The van der Waals surface area contributed by atoms with Gasteiger partial charge in [0.2, 0.25) is 16.6 Å². The second-order valence-electron chi connectivity index (χ2n) is 17.0. The Balaban J connectivity index is 0.000000335. The molecule has 2 heterocycles. The number of carbonyl (C=O) groups is 1. The number of carbonyl (C=O) groups excluding carboxylic acids is 1. The Morgan fingerprint density at radius 3 is 2.09 bits per heavy atom. The fourth-order valence-electron chi connectivity index (χ4n) is 8.41. The molecule has 0 fully saturated rings. The van der Waals surface area contributed by atoms with Crippen LogP contribution >= 0.6 is 0 Å². The van der Waals surface area contributed by atoms with Crippen LogP contribution < -0.4 is 10.4 Å². The standard InChI is InChI=1S/C33H38NOSi2.C13H24O2.Ir/c1-33(2,3)29-20-26(19-24-10-8-9-11-27(24)29)32-28-14-12-22(18-25(28)16-17-34-32)23-13-15-30-31(21-23)37(6,7)35-36(30,4)5;1-5-10(6-2)12(14)9-13(15)11(7-3)8-4;/h12-18,20-21H,8-11H2,1-7H3;9-11,14H,5-8H2,1-4H3;/q-1;;/b;12-9-;. The Morgan fingerprint density at radius 2 is 1.45 bits per heavy atom. The summed E-state index contributed by atoms with van der Waals surface area (Å²) >= 11 is 0. The van der Waals surface area contributed by atoms with E-state index >= 15 is 0 Å². The zero-order chi connectivity index (χ0) is 38.0. The predicted octanol–water partition coefficient (Wildman–Crippen LogP) is 11.3. The van der Waals surface area contributed by atoms with E-state index in [0.717, 1.165) is 43.4 Å². The summed E-state index contributed by atoms with van der Waals surface area (Å²) < 4.78 is 6.67. The monoisotopic (exact) mass is 925 g/mol. The SMILES string of the molecule is CC(C)(C)c1cc(-c2nccc3cc(-c4ccc5c(c4)[Si](C)(C)O[Si]5(C)C)ccc23)[c-]c2c1CCCC2.CCC(CC)C(=O)/C=C(\O)C(CC)CC.[Ir]. The van der Waals surface area contributed by atoms with Crippen LogP contribution in [0.1, 0.15) is 104 Å². The van der Waals surface area contributed by atoms with E-state index < -0.39 is 16.6 Å². The van der Waals surface area contributed by atoms with Crippen LogP contribution in [0.4, 0.5) is 0 Å². The number of aryl methyl sites for hydroxylation is 1. The molecule has 2 aliphatic rings.